The van der Waals surface area contributed by atoms with Crippen LogP contribution in [0.5, 0.6) is 0 Å². The molecule has 4 bridgehead atoms. The third-order valence-electron chi connectivity index (χ3n) is 20.3. The number of aromatic nitrogens is 14. The SMILES string of the molecule is CN(c1nc2cnc(-c3cc(C#N)c4nn(C)cc4c3)cc2s1)C1CC2(C)CCC(C)(C1)N2.CN(c1nc2cnc(-c3cc(F)c4nn(C)cc4c3)nc2s1)C1C2(C)CC[C@]1(C)CNC2.Cc1cn2cc(-c3cnc4nc(N(C)C5CCNCC5)sc4n3)cc(C)c2n1. The highest BCUT2D eigenvalue weighted by molar-refractivity contribution is 7.22. The van der Waals surface area contributed by atoms with Crippen LogP contribution in [0.1, 0.15) is 95.9 Å². The number of rotatable bonds is 9. The number of anilines is 3. The van der Waals surface area contributed by atoms with Gasteiger partial charge in [0.1, 0.15) is 38.6 Å². The number of nitrogens with zero attached hydrogens (tertiary/aromatic N) is 18. The van der Waals surface area contributed by atoms with Gasteiger partial charge in [-0.2, -0.15) is 20.4 Å². The molecular formula is C68H76FN21S3. The quantitative estimate of drug-likeness (QED) is 0.122. The van der Waals surface area contributed by atoms with Crippen molar-refractivity contribution in [3.8, 4) is 40.0 Å². The maximum Gasteiger partial charge on any atom is 0.191 e. The van der Waals surface area contributed by atoms with Crippen LogP contribution in [0.2, 0.25) is 0 Å². The number of hydrogen-bond acceptors (Lipinski definition) is 21. The van der Waals surface area contributed by atoms with Gasteiger partial charge in [0.25, 0.3) is 0 Å². The van der Waals surface area contributed by atoms with Crippen molar-refractivity contribution in [1.82, 2.24) is 84.8 Å². The predicted molar refractivity (Wildman–Crippen MR) is 371 cm³/mol. The summed E-state index contributed by atoms with van der Waals surface area (Å²) in [5.74, 6) is 0.135. The molecule has 5 atom stereocenters. The predicted octanol–water partition coefficient (Wildman–Crippen LogP) is 11.8. The van der Waals surface area contributed by atoms with E-state index < -0.39 is 0 Å². The van der Waals surface area contributed by atoms with E-state index in [4.69, 9.17) is 24.9 Å². The molecule has 12 aromatic rings. The summed E-state index contributed by atoms with van der Waals surface area (Å²) in [7, 11) is 10.1. The van der Waals surface area contributed by atoms with Crippen LogP contribution in [0.4, 0.5) is 19.8 Å². The number of nitriles is 1. The molecule has 4 unspecified atom stereocenters. The molecule has 2 aromatic carbocycles. The Balaban J connectivity index is 0.000000116. The van der Waals surface area contributed by atoms with Crippen LogP contribution in [-0.4, -0.2) is 145 Å². The maximum absolute atomic E-state index is 14.6. The third-order valence-corrected chi connectivity index (χ3v) is 23.5. The zero-order valence-corrected chi connectivity index (χ0v) is 56.8. The van der Waals surface area contributed by atoms with Crippen molar-refractivity contribution in [3.63, 3.8) is 0 Å². The van der Waals surface area contributed by atoms with Gasteiger partial charge in [-0.05, 0) is 134 Å². The molecule has 4 aliphatic heterocycles. The van der Waals surface area contributed by atoms with E-state index in [2.05, 4.69) is 151 Å². The maximum atomic E-state index is 14.6. The van der Waals surface area contributed by atoms with Crippen molar-refractivity contribution in [2.45, 2.75) is 122 Å². The lowest BCUT2D eigenvalue weighted by Crippen LogP contribution is -2.60. The summed E-state index contributed by atoms with van der Waals surface area (Å²) in [5.41, 5.74) is 12.4. The Morgan fingerprint density at radius 2 is 1.27 bits per heavy atom. The normalized spacial score (nSPS) is 23.6. The monoisotopic (exact) mass is 1300 g/mol. The van der Waals surface area contributed by atoms with Crippen LogP contribution in [-0.2, 0) is 14.1 Å². The summed E-state index contributed by atoms with van der Waals surface area (Å²) in [6.45, 7) is 17.8. The first-order valence-electron chi connectivity index (χ1n) is 32.0. The van der Waals surface area contributed by atoms with Crippen LogP contribution in [0.3, 0.4) is 0 Å². The number of nitrogens with one attached hydrogen (secondary N) is 3. The average Bonchev–Trinajstić information content (AvgIpc) is 1.59. The number of pyridine rings is 2. The molecule has 0 spiro atoms. The Hall–Kier alpha value is -8.25. The molecule has 21 nitrogen and oxygen atoms in total. The zero-order valence-electron chi connectivity index (χ0n) is 54.4. The molecule has 0 radical (unpaired) electrons. The second-order valence-corrected chi connectivity index (χ2v) is 30.8. The fraction of sp³-hybridized carbons (Fsp3) is 0.441. The Bertz CT molecular complexity index is 4900. The van der Waals surface area contributed by atoms with Crippen molar-refractivity contribution in [2.75, 3.05) is 62.0 Å². The van der Waals surface area contributed by atoms with Crippen molar-refractivity contribution in [1.29, 1.82) is 5.26 Å². The Labute approximate surface area is 550 Å². The number of thiazole rings is 3. The largest absolute Gasteiger partial charge is 0.348 e. The Kier molecular flexibility index (Phi) is 15.1. The molecule has 25 heteroatoms. The van der Waals surface area contributed by atoms with Crippen molar-refractivity contribution in [2.24, 2.45) is 24.9 Å². The summed E-state index contributed by atoms with van der Waals surface area (Å²) in [5, 5.41) is 33.8. The number of imidazole rings is 1. The van der Waals surface area contributed by atoms with Crippen LogP contribution in [0, 0.1) is 41.8 Å². The number of fused-ring (bicyclic) bond motifs is 10. The van der Waals surface area contributed by atoms with E-state index in [1.165, 1.54) is 31.7 Å². The molecule has 478 valence electrons. The first-order valence-corrected chi connectivity index (χ1v) is 34.4. The molecule has 1 aliphatic carbocycles. The van der Waals surface area contributed by atoms with Gasteiger partial charge in [0.2, 0.25) is 0 Å². The molecular weight excluding hydrogens is 1230 g/mol. The van der Waals surface area contributed by atoms with Gasteiger partial charge in [0.15, 0.2) is 37.5 Å². The molecule has 14 heterocycles. The highest BCUT2D eigenvalue weighted by atomic mass is 32.1. The molecule has 1 saturated carbocycles. The van der Waals surface area contributed by atoms with Crippen molar-refractivity contribution in [3.05, 3.63) is 102 Å². The molecule has 5 fully saturated rings. The standard InChI is InChI=1S/C25H27N7S.C23H26FN7S.C20H23N7S/c1-24-5-6-25(2,30-24)11-18(10-24)32(4)23-28-20-13-27-19(9-21(20)33-23)15-7-16(12-26)22-17(8-15)14-31(3)29-22;1-22-5-6-23(2,12-25-11-22)20(22)31(4)21-27-16-9-26-18(28-19(16)32-21)13-7-14-10-30(3)29-17(14)15(24)8-13;1-12-8-14(11-27-10-13(2)23-18(12)27)16-9-22-17-19(24-16)28-20(25-17)26(3)15-4-6-21-7-5-15/h7-9,13-14,18,30H,5-6,10-11H2,1-4H3;7-10,20,25H,5-6,11-12H2,1-4H3;8-11,15,21H,4-7H2,1-3H3/t;20?,22-,23?;/m.1./s1. The fourth-order valence-corrected chi connectivity index (χ4v) is 18.7. The summed E-state index contributed by atoms with van der Waals surface area (Å²) >= 11 is 4.92. The number of benzene rings is 2. The highest BCUT2D eigenvalue weighted by Crippen LogP contribution is 2.55. The lowest BCUT2D eigenvalue weighted by atomic mass is 9.72. The number of halogens is 1. The van der Waals surface area contributed by atoms with E-state index in [0.717, 1.165) is 154 Å². The first-order chi connectivity index (χ1) is 44.6. The minimum atomic E-state index is -0.366. The lowest BCUT2D eigenvalue weighted by molar-refractivity contribution is 0.143. The van der Waals surface area contributed by atoms with E-state index in [-0.39, 0.29) is 27.7 Å². The van der Waals surface area contributed by atoms with E-state index in [9.17, 15) is 9.65 Å². The second-order valence-electron chi connectivity index (χ2n) is 27.8. The highest BCUT2D eigenvalue weighted by Gasteiger charge is 2.57. The number of hydrogen-bond donors (Lipinski definition) is 3. The van der Waals surface area contributed by atoms with Gasteiger partial charge in [0, 0.05) is 141 Å². The van der Waals surface area contributed by atoms with E-state index in [1.54, 1.807) is 62.8 Å². The van der Waals surface area contributed by atoms with Crippen LogP contribution < -0.4 is 30.7 Å². The zero-order chi connectivity index (χ0) is 64.5. The minimum absolute atomic E-state index is 0.223. The lowest BCUT2D eigenvalue weighted by Gasteiger charge is -2.49. The minimum Gasteiger partial charge on any atom is -0.348 e. The van der Waals surface area contributed by atoms with Gasteiger partial charge in [-0.3, -0.25) is 14.3 Å². The molecule has 3 N–H and O–H groups in total. The van der Waals surface area contributed by atoms with Gasteiger partial charge in [-0.15, -0.1) is 0 Å². The molecule has 10 aromatic heterocycles. The summed E-state index contributed by atoms with van der Waals surface area (Å²) in [4.78, 5) is 51.2. The molecule has 17 rings (SSSR count). The third kappa shape index (κ3) is 11.3. The van der Waals surface area contributed by atoms with E-state index in [0.29, 0.717) is 40.6 Å². The average molecular weight is 1300 g/mol. The summed E-state index contributed by atoms with van der Waals surface area (Å²) in [6, 6.07) is 15.2. The van der Waals surface area contributed by atoms with Gasteiger partial charge in [-0.1, -0.05) is 47.9 Å². The van der Waals surface area contributed by atoms with E-state index in [1.807, 2.05) is 50.9 Å². The first kappa shape index (κ1) is 61.0. The second kappa shape index (κ2) is 23.0. The smallest absolute Gasteiger partial charge is 0.191 e. The topological polar surface area (TPSA) is 226 Å². The van der Waals surface area contributed by atoms with Gasteiger partial charge in [0.05, 0.1) is 45.9 Å². The number of piperidine rings is 3. The van der Waals surface area contributed by atoms with Gasteiger partial charge in [-0.25, -0.2) is 39.3 Å². The molecule has 0 amide bonds. The van der Waals surface area contributed by atoms with Crippen LogP contribution in [0.15, 0.2) is 79.8 Å². The van der Waals surface area contributed by atoms with Gasteiger partial charge < -0.3 is 35.1 Å². The summed E-state index contributed by atoms with van der Waals surface area (Å²) < 4.78 is 21.1. The van der Waals surface area contributed by atoms with Crippen molar-refractivity contribution < 1.29 is 4.39 Å². The molecule has 4 saturated heterocycles. The van der Waals surface area contributed by atoms with E-state index >= 15 is 0 Å². The summed E-state index contributed by atoms with van der Waals surface area (Å²) in [6.07, 6.45) is 22.8. The Morgan fingerprint density at radius 3 is 2.01 bits per heavy atom. The van der Waals surface area contributed by atoms with Crippen LogP contribution in [0.25, 0.3) is 92.4 Å². The molecule has 5 aliphatic rings. The van der Waals surface area contributed by atoms with Gasteiger partial charge >= 0.3 is 0 Å². The molecule has 93 heavy (non-hydrogen) atoms. The van der Waals surface area contributed by atoms with Crippen LogP contribution >= 0.6 is 34.0 Å². The van der Waals surface area contributed by atoms with Crippen molar-refractivity contribution >= 4 is 108 Å². The fourth-order valence-electron chi connectivity index (χ4n) is 15.8. The Morgan fingerprint density at radius 1 is 0.613 bits per heavy atom. The number of aryl methyl sites for hydroxylation is 4.